The SMILES string of the molecule is O=C(Nc1cccc(F)c1)c1cn[nH]n1. The molecule has 0 aliphatic rings. The van der Waals surface area contributed by atoms with Crippen LogP contribution in [0.3, 0.4) is 0 Å². The third-order valence-electron chi connectivity index (χ3n) is 1.73. The fourth-order valence-electron chi connectivity index (χ4n) is 1.07. The molecule has 0 aliphatic heterocycles. The zero-order valence-electron chi connectivity index (χ0n) is 7.57. The highest BCUT2D eigenvalue weighted by atomic mass is 19.1. The molecule has 0 bridgehead atoms. The van der Waals surface area contributed by atoms with Gasteiger partial charge in [-0.15, -0.1) is 0 Å². The van der Waals surface area contributed by atoms with Crippen LogP contribution in [0.15, 0.2) is 30.5 Å². The molecule has 2 N–H and O–H groups in total. The molecule has 2 rings (SSSR count). The number of benzene rings is 1. The second-order valence-corrected chi connectivity index (χ2v) is 2.82. The molecule has 5 nitrogen and oxygen atoms in total. The summed E-state index contributed by atoms with van der Waals surface area (Å²) < 4.78 is 12.8. The van der Waals surface area contributed by atoms with Crippen molar-refractivity contribution < 1.29 is 9.18 Å². The molecule has 0 fully saturated rings. The van der Waals surface area contributed by atoms with E-state index in [1.54, 1.807) is 6.07 Å². The number of aromatic nitrogens is 3. The molecule has 1 amide bonds. The first-order valence-corrected chi connectivity index (χ1v) is 4.18. The van der Waals surface area contributed by atoms with Crippen LogP contribution >= 0.6 is 0 Å². The Morgan fingerprint density at radius 1 is 1.47 bits per heavy atom. The fourth-order valence-corrected chi connectivity index (χ4v) is 1.07. The van der Waals surface area contributed by atoms with Gasteiger partial charge in [-0.05, 0) is 18.2 Å². The summed E-state index contributed by atoms with van der Waals surface area (Å²) in [6, 6.07) is 5.61. The van der Waals surface area contributed by atoms with E-state index in [4.69, 9.17) is 0 Å². The zero-order chi connectivity index (χ0) is 10.7. The fraction of sp³-hybridized carbons (Fsp3) is 0. The number of hydrogen-bond donors (Lipinski definition) is 2. The van der Waals surface area contributed by atoms with E-state index in [1.807, 2.05) is 0 Å². The smallest absolute Gasteiger partial charge is 0.277 e. The van der Waals surface area contributed by atoms with Gasteiger partial charge in [-0.2, -0.15) is 15.4 Å². The highest BCUT2D eigenvalue weighted by Gasteiger charge is 2.08. The summed E-state index contributed by atoms with van der Waals surface area (Å²) in [7, 11) is 0. The number of H-pyrrole nitrogens is 1. The number of nitrogens with zero attached hydrogens (tertiary/aromatic N) is 2. The van der Waals surface area contributed by atoms with E-state index in [2.05, 4.69) is 20.7 Å². The van der Waals surface area contributed by atoms with Crippen LogP contribution in [0, 0.1) is 5.82 Å². The predicted molar refractivity (Wildman–Crippen MR) is 50.7 cm³/mol. The van der Waals surface area contributed by atoms with Gasteiger partial charge >= 0.3 is 0 Å². The van der Waals surface area contributed by atoms with E-state index in [-0.39, 0.29) is 5.69 Å². The van der Waals surface area contributed by atoms with Gasteiger partial charge in [0.1, 0.15) is 5.82 Å². The van der Waals surface area contributed by atoms with Crippen LogP contribution in [0.2, 0.25) is 0 Å². The summed E-state index contributed by atoms with van der Waals surface area (Å²) >= 11 is 0. The zero-order valence-corrected chi connectivity index (χ0v) is 7.57. The Balaban J connectivity index is 2.13. The van der Waals surface area contributed by atoms with E-state index < -0.39 is 11.7 Å². The van der Waals surface area contributed by atoms with Crippen molar-refractivity contribution in [2.24, 2.45) is 0 Å². The highest BCUT2D eigenvalue weighted by molar-refractivity contribution is 6.02. The quantitative estimate of drug-likeness (QED) is 0.775. The normalized spacial score (nSPS) is 9.93. The lowest BCUT2D eigenvalue weighted by Gasteiger charge is -2.01. The van der Waals surface area contributed by atoms with Gasteiger partial charge in [-0.25, -0.2) is 4.39 Å². The Hall–Kier alpha value is -2.24. The number of carbonyl (C=O) groups is 1. The molecular formula is C9H7FN4O. The lowest BCUT2D eigenvalue weighted by molar-refractivity contribution is 0.102. The standard InChI is InChI=1S/C9H7FN4O/c10-6-2-1-3-7(4-6)12-9(15)8-5-11-14-13-8/h1-5H,(H,12,15)(H,11,13,14). The van der Waals surface area contributed by atoms with Crippen LogP contribution in [-0.2, 0) is 0 Å². The average Bonchev–Trinajstić information content (AvgIpc) is 2.70. The summed E-state index contributed by atoms with van der Waals surface area (Å²) in [6.07, 6.45) is 1.29. The Morgan fingerprint density at radius 2 is 2.33 bits per heavy atom. The van der Waals surface area contributed by atoms with Crippen molar-refractivity contribution in [3.8, 4) is 0 Å². The Morgan fingerprint density at radius 3 is 3.00 bits per heavy atom. The molecule has 2 aromatic rings. The van der Waals surface area contributed by atoms with Crippen molar-refractivity contribution in [3.05, 3.63) is 42.0 Å². The molecular weight excluding hydrogens is 199 g/mol. The van der Waals surface area contributed by atoms with Gasteiger partial charge in [0.25, 0.3) is 5.91 Å². The van der Waals surface area contributed by atoms with Gasteiger partial charge in [0, 0.05) is 5.69 Å². The van der Waals surface area contributed by atoms with Crippen LogP contribution in [0.25, 0.3) is 0 Å². The number of carbonyl (C=O) groups excluding carboxylic acids is 1. The number of rotatable bonds is 2. The van der Waals surface area contributed by atoms with Crippen LogP contribution in [0.1, 0.15) is 10.5 Å². The van der Waals surface area contributed by atoms with Gasteiger partial charge in [-0.1, -0.05) is 6.07 Å². The maximum Gasteiger partial charge on any atom is 0.277 e. The summed E-state index contributed by atoms with van der Waals surface area (Å²) in [5.41, 5.74) is 0.530. The van der Waals surface area contributed by atoms with Gasteiger partial charge in [0.2, 0.25) is 0 Å². The van der Waals surface area contributed by atoms with Crippen LogP contribution in [-0.4, -0.2) is 21.3 Å². The van der Waals surface area contributed by atoms with Gasteiger partial charge in [0.05, 0.1) is 6.20 Å². The van der Waals surface area contributed by atoms with Crippen LogP contribution < -0.4 is 5.32 Å². The molecule has 1 aromatic heterocycles. The Labute approximate surface area is 84.3 Å². The predicted octanol–water partition coefficient (Wildman–Crippen LogP) is 1.20. The molecule has 0 unspecified atom stereocenters. The monoisotopic (exact) mass is 206 g/mol. The topological polar surface area (TPSA) is 70.7 Å². The summed E-state index contributed by atoms with van der Waals surface area (Å²) in [6.45, 7) is 0. The Kier molecular flexibility index (Phi) is 2.40. The molecule has 0 spiro atoms. The number of hydrogen-bond acceptors (Lipinski definition) is 3. The van der Waals surface area contributed by atoms with Gasteiger partial charge in [-0.3, -0.25) is 4.79 Å². The molecule has 0 aliphatic carbocycles. The van der Waals surface area contributed by atoms with Crippen molar-refractivity contribution in [1.29, 1.82) is 0 Å². The molecule has 15 heavy (non-hydrogen) atoms. The maximum absolute atomic E-state index is 12.8. The first kappa shape index (κ1) is 9.32. The second kappa shape index (κ2) is 3.87. The van der Waals surface area contributed by atoms with E-state index in [1.165, 1.54) is 24.4 Å². The minimum atomic E-state index is -0.436. The van der Waals surface area contributed by atoms with Crippen molar-refractivity contribution in [2.45, 2.75) is 0 Å². The molecule has 1 heterocycles. The summed E-state index contributed by atoms with van der Waals surface area (Å²) in [5, 5.41) is 11.9. The van der Waals surface area contributed by atoms with Crippen molar-refractivity contribution in [2.75, 3.05) is 5.32 Å². The first-order chi connectivity index (χ1) is 7.25. The maximum atomic E-state index is 12.8. The minimum absolute atomic E-state index is 0.152. The number of anilines is 1. The molecule has 0 saturated carbocycles. The first-order valence-electron chi connectivity index (χ1n) is 4.18. The molecule has 76 valence electrons. The van der Waals surface area contributed by atoms with Gasteiger partial charge in [0.15, 0.2) is 5.69 Å². The highest BCUT2D eigenvalue weighted by Crippen LogP contribution is 2.09. The number of amides is 1. The largest absolute Gasteiger partial charge is 0.320 e. The lowest BCUT2D eigenvalue weighted by Crippen LogP contribution is -2.12. The second-order valence-electron chi connectivity index (χ2n) is 2.82. The number of halogens is 1. The Bertz CT molecular complexity index is 469. The molecule has 1 aromatic carbocycles. The minimum Gasteiger partial charge on any atom is -0.320 e. The van der Waals surface area contributed by atoms with E-state index in [0.717, 1.165) is 0 Å². The van der Waals surface area contributed by atoms with Crippen molar-refractivity contribution in [3.63, 3.8) is 0 Å². The number of aromatic amines is 1. The number of nitrogens with one attached hydrogen (secondary N) is 2. The van der Waals surface area contributed by atoms with Crippen molar-refractivity contribution in [1.82, 2.24) is 15.4 Å². The summed E-state index contributed by atoms with van der Waals surface area (Å²) in [5.74, 6) is -0.845. The lowest BCUT2D eigenvalue weighted by atomic mass is 10.3. The van der Waals surface area contributed by atoms with Crippen molar-refractivity contribution >= 4 is 11.6 Å². The third-order valence-corrected chi connectivity index (χ3v) is 1.73. The molecule has 0 atom stereocenters. The molecule has 0 saturated heterocycles. The molecule has 6 heteroatoms. The molecule has 0 radical (unpaired) electrons. The summed E-state index contributed by atoms with van der Waals surface area (Å²) in [4.78, 5) is 11.4. The van der Waals surface area contributed by atoms with Crippen LogP contribution in [0.4, 0.5) is 10.1 Å². The van der Waals surface area contributed by atoms with E-state index in [0.29, 0.717) is 5.69 Å². The van der Waals surface area contributed by atoms with Crippen LogP contribution in [0.5, 0.6) is 0 Å². The van der Waals surface area contributed by atoms with Gasteiger partial charge < -0.3 is 5.32 Å². The average molecular weight is 206 g/mol. The third kappa shape index (κ3) is 2.16. The van der Waals surface area contributed by atoms with E-state index in [9.17, 15) is 9.18 Å². The van der Waals surface area contributed by atoms with E-state index >= 15 is 0 Å².